The van der Waals surface area contributed by atoms with Gasteiger partial charge in [-0.3, -0.25) is 4.79 Å². The van der Waals surface area contributed by atoms with Crippen LogP contribution in [0.25, 0.3) is 11.1 Å². The number of benzene rings is 1. The van der Waals surface area contributed by atoms with Crippen molar-refractivity contribution in [2.24, 2.45) is 5.73 Å². The van der Waals surface area contributed by atoms with Crippen LogP contribution in [0.5, 0.6) is 0 Å². The molecule has 0 radical (unpaired) electrons. The van der Waals surface area contributed by atoms with E-state index in [2.05, 4.69) is 5.32 Å². The summed E-state index contributed by atoms with van der Waals surface area (Å²) in [6.07, 6.45) is 0.938. The Balaban J connectivity index is 2.35. The van der Waals surface area contributed by atoms with Crippen molar-refractivity contribution in [1.82, 2.24) is 0 Å². The molecule has 0 aliphatic carbocycles. The van der Waals surface area contributed by atoms with Crippen molar-refractivity contribution in [3.05, 3.63) is 40.8 Å². The fraction of sp³-hybridized carbons (Fsp3) is 0.333. The molecule has 0 atom stereocenters. The quantitative estimate of drug-likeness (QED) is 0.751. The molecule has 0 unspecified atom stereocenters. The van der Waals surface area contributed by atoms with Gasteiger partial charge >= 0.3 is 5.97 Å². The number of rotatable bonds is 7. The number of anilines is 1. The summed E-state index contributed by atoms with van der Waals surface area (Å²) in [5.74, 6) is -0.577. The van der Waals surface area contributed by atoms with Crippen molar-refractivity contribution in [3.8, 4) is 11.1 Å². The summed E-state index contributed by atoms with van der Waals surface area (Å²) < 4.78 is 5.17. The second-order valence-electron chi connectivity index (χ2n) is 5.38. The summed E-state index contributed by atoms with van der Waals surface area (Å²) in [6, 6.07) is 7.89. The number of nitrogens with two attached hydrogens (primary N) is 1. The zero-order chi connectivity index (χ0) is 17.5. The molecule has 1 amide bonds. The molecule has 0 bridgehead atoms. The van der Waals surface area contributed by atoms with Crippen molar-refractivity contribution in [2.45, 2.75) is 26.7 Å². The lowest BCUT2D eigenvalue weighted by Crippen LogP contribution is -2.15. The minimum absolute atomic E-state index is 0.150. The molecule has 0 saturated carbocycles. The largest absolute Gasteiger partial charge is 0.462 e. The van der Waals surface area contributed by atoms with Gasteiger partial charge in [-0.25, -0.2) is 4.79 Å². The van der Waals surface area contributed by atoms with Gasteiger partial charge in [-0.05, 0) is 32.4 Å². The molecule has 0 aliphatic rings. The van der Waals surface area contributed by atoms with E-state index in [9.17, 15) is 9.59 Å². The van der Waals surface area contributed by atoms with Crippen LogP contribution in [0.2, 0.25) is 0 Å². The summed E-state index contributed by atoms with van der Waals surface area (Å²) in [5, 5.41) is 5.20. The van der Waals surface area contributed by atoms with Gasteiger partial charge in [0.25, 0.3) is 0 Å². The number of hydrogen-bond donors (Lipinski definition) is 2. The van der Waals surface area contributed by atoms with E-state index in [-0.39, 0.29) is 12.5 Å². The molecular weight excluding hydrogens is 324 g/mol. The predicted octanol–water partition coefficient (Wildman–Crippen LogP) is 3.58. The molecule has 5 nitrogen and oxygen atoms in total. The van der Waals surface area contributed by atoms with Crippen molar-refractivity contribution in [2.75, 3.05) is 18.5 Å². The molecule has 0 fully saturated rings. The minimum Gasteiger partial charge on any atom is -0.462 e. The molecule has 0 aliphatic heterocycles. The normalized spacial score (nSPS) is 10.5. The Kier molecular flexibility index (Phi) is 6.52. The average Bonchev–Trinajstić information content (AvgIpc) is 2.97. The van der Waals surface area contributed by atoms with Gasteiger partial charge in [0.1, 0.15) is 10.6 Å². The number of amides is 1. The number of thiophene rings is 1. The third kappa shape index (κ3) is 4.43. The first kappa shape index (κ1) is 18.2. The lowest BCUT2D eigenvalue weighted by Gasteiger charge is -2.09. The Bertz CT molecular complexity index is 708. The van der Waals surface area contributed by atoms with Gasteiger partial charge < -0.3 is 15.8 Å². The van der Waals surface area contributed by atoms with Gasteiger partial charge in [-0.2, -0.15) is 0 Å². The standard InChI is InChI=1S/C18H22N2O3S/c1-3-23-18(22)16-14(13-8-6-12(2)7-9-13)11-24-17(16)20-15(21)5-4-10-19/h6-9,11H,3-5,10,19H2,1-2H3,(H,20,21). The van der Waals surface area contributed by atoms with E-state index in [0.717, 1.165) is 16.7 Å². The fourth-order valence-electron chi connectivity index (χ4n) is 2.25. The summed E-state index contributed by atoms with van der Waals surface area (Å²) in [4.78, 5) is 24.4. The highest BCUT2D eigenvalue weighted by atomic mass is 32.1. The number of carbonyl (C=O) groups is 2. The zero-order valence-corrected chi connectivity index (χ0v) is 14.7. The molecule has 0 saturated heterocycles. The Hall–Kier alpha value is -2.18. The SMILES string of the molecule is CCOC(=O)c1c(-c2ccc(C)cc2)csc1NC(=O)CCCN. The summed E-state index contributed by atoms with van der Waals surface area (Å²) in [5.41, 5.74) is 8.67. The van der Waals surface area contributed by atoms with Crippen LogP contribution in [0.4, 0.5) is 5.00 Å². The molecule has 1 aromatic carbocycles. The fourth-order valence-corrected chi connectivity index (χ4v) is 3.23. The van der Waals surface area contributed by atoms with Crippen LogP contribution in [-0.4, -0.2) is 25.0 Å². The Morgan fingerprint density at radius 2 is 1.96 bits per heavy atom. The maximum absolute atomic E-state index is 12.4. The number of ether oxygens (including phenoxy) is 1. The van der Waals surface area contributed by atoms with Gasteiger partial charge in [0, 0.05) is 17.4 Å². The number of hydrogen-bond acceptors (Lipinski definition) is 5. The van der Waals surface area contributed by atoms with E-state index < -0.39 is 5.97 Å². The molecule has 1 heterocycles. The lowest BCUT2D eigenvalue weighted by molar-refractivity contribution is -0.116. The molecule has 0 spiro atoms. The maximum atomic E-state index is 12.4. The van der Waals surface area contributed by atoms with E-state index >= 15 is 0 Å². The van der Waals surface area contributed by atoms with Crippen molar-refractivity contribution < 1.29 is 14.3 Å². The monoisotopic (exact) mass is 346 g/mol. The zero-order valence-electron chi connectivity index (χ0n) is 13.9. The first-order chi connectivity index (χ1) is 11.6. The Labute approximate surface area is 145 Å². The average molecular weight is 346 g/mol. The van der Waals surface area contributed by atoms with Gasteiger partial charge in [0.15, 0.2) is 0 Å². The van der Waals surface area contributed by atoms with Crippen molar-refractivity contribution >= 4 is 28.2 Å². The van der Waals surface area contributed by atoms with E-state index in [1.165, 1.54) is 11.3 Å². The van der Waals surface area contributed by atoms with E-state index in [4.69, 9.17) is 10.5 Å². The van der Waals surface area contributed by atoms with E-state index in [1.54, 1.807) is 6.92 Å². The van der Waals surface area contributed by atoms with Gasteiger partial charge in [-0.1, -0.05) is 29.8 Å². The molecule has 128 valence electrons. The van der Waals surface area contributed by atoms with Crippen LogP contribution >= 0.6 is 11.3 Å². The van der Waals surface area contributed by atoms with Crippen LogP contribution in [0.15, 0.2) is 29.6 Å². The number of esters is 1. The molecule has 1 aromatic heterocycles. The number of nitrogens with one attached hydrogen (secondary N) is 1. The number of carbonyl (C=O) groups excluding carboxylic acids is 2. The van der Waals surface area contributed by atoms with Gasteiger partial charge in [0.05, 0.1) is 6.61 Å². The van der Waals surface area contributed by atoms with Crippen LogP contribution in [0, 0.1) is 6.92 Å². The Morgan fingerprint density at radius 3 is 2.58 bits per heavy atom. The second kappa shape index (κ2) is 8.61. The summed E-state index contributed by atoms with van der Waals surface area (Å²) in [6.45, 7) is 4.50. The first-order valence-electron chi connectivity index (χ1n) is 7.92. The van der Waals surface area contributed by atoms with Crippen molar-refractivity contribution in [3.63, 3.8) is 0 Å². The molecule has 2 rings (SSSR count). The first-order valence-corrected chi connectivity index (χ1v) is 8.80. The van der Waals surface area contributed by atoms with Crippen LogP contribution < -0.4 is 11.1 Å². The molecule has 6 heteroatoms. The van der Waals surface area contributed by atoms with Gasteiger partial charge in [0.2, 0.25) is 5.91 Å². The van der Waals surface area contributed by atoms with Gasteiger partial charge in [-0.15, -0.1) is 11.3 Å². The lowest BCUT2D eigenvalue weighted by atomic mass is 10.0. The minimum atomic E-state index is -0.427. The highest BCUT2D eigenvalue weighted by molar-refractivity contribution is 7.15. The number of aryl methyl sites for hydroxylation is 1. The highest BCUT2D eigenvalue weighted by Gasteiger charge is 2.22. The smallest absolute Gasteiger partial charge is 0.341 e. The maximum Gasteiger partial charge on any atom is 0.341 e. The molecule has 2 aromatic rings. The van der Waals surface area contributed by atoms with E-state index in [1.807, 2.05) is 36.6 Å². The third-order valence-corrected chi connectivity index (χ3v) is 4.39. The molecule has 24 heavy (non-hydrogen) atoms. The van der Waals surface area contributed by atoms with Crippen molar-refractivity contribution in [1.29, 1.82) is 0 Å². The Morgan fingerprint density at radius 1 is 1.25 bits per heavy atom. The molecular formula is C18H22N2O3S. The molecule has 3 N–H and O–H groups in total. The summed E-state index contributed by atoms with van der Waals surface area (Å²) >= 11 is 1.33. The van der Waals surface area contributed by atoms with E-state index in [0.29, 0.717) is 30.0 Å². The third-order valence-electron chi connectivity index (χ3n) is 3.49. The highest BCUT2D eigenvalue weighted by Crippen LogP contribution is 2.36. The van der Waals surface area contributed by atoms with Crippen LogP contribution in [-0.2, 0) is 9.53 Å². The van der Waals surface area contributed by atoms with Crippen LogP contribution in [0.3, 0.4) is 0 Å². The second-order valence-corrected chi connectivity index (χ2v) is 6.26. The topological polar surface area (TPSA) is 81.4 Å². The summed E-state index contributed by atoms with van der Waals surface area (Å²) in [7, 11) is 0. The predicted molar refractivity (Wildman–Crippen MR) is 97.4 cm³/mol. The van der Waals surface area contributed by atoms with Crippen LogP contribution in [0.1, 0.15) is 35.7 Å².